The van der Waals surface area contributed by atoms with Crippen molar-refractivity contribution in [1.29, 1.82) is 0 Å². The largest absolute Gasteiger partial charge is 0.507 e. The number of halogens is 3. The van der Waals surface area contributed by atoms with Crippen molar-refractivity contribution < 1.29 is 15.0 Å². The van der Waals surface area contributed by atoms with Crippen LogP contribution < -0.4 is 5.32 Å². The molecule has 104 valence electrons. The van der Waals surface area contributed by atoms with Crippen LogP contribution in [0.25, 0.3) is 0 Å². The zero-order valence-corrected chi connectivity index (χ0v) is 12.1. The predicted octanol–water partition coefficient (Wildman–Crippen LogP) is 4.31. The first-order valence-electron chi connectivity index (χ1n) is 5.37. The lowest BCUT2D eigenvalue weighted by Crippen LogP contribution is -2.12. The number of nitrogens with one attached hydrogen (secondary N) is 1. The number of benzene rings is 2. The number of rotatable bonds is 2. The number of hydrogen-bond donors (Lipinski definition) is 3. The minimum absolute atomic E-state index is 0.183. The Morgan fingerprint density at radius 2 is 1.50 bits per heavy atom. The molecule has 2 rings (SSSR count). The average Bonchev–Trinajstić information content (AvgIpc) is 2.35. The smallest absolute Gasteiger partial charge is 0.263 e. The zero-order chi connectivity index (χ0) is 14.9. The highest BCUT2D eigenvalue weighted by Gasteiger charge is 2.17. The average molecular weight is 333 g/mol. The van der Waals surface area contributed by atoms with Gasteiger partial charge < -0.3 is 15.5 Å². The van der Waals surface area contributed by atoms with Crippen LogP contribution in [0.3, 0.4) is 0 Å². The molecule has 0 aliphatic heterocycles. The quantitative estimate of drug-likeness (QED) is 0.718. The van der Waals surface area contributed by atoms with Gasteiger partial charge in [0.2, 0.25) is 0 Å². The number of phenolic OH excluding ortho intramolecular Hbond substituents is 2. The fourth-order valence-corrected chi connectivity index (χ4v) is 2.16. The summed E-state index contributed by atoms with van der Waals surface area (Å²) in [6, 6.07) is 6.73. The predicted molar refractivity (Wildman–Crippen MR) is 79.2 cm³/mol. The standard InChI is InChI=1S/C13H8Cl3NO3/c14-6-4-8(16)9(5-7(6)15)17-13(20)12-10(18)2-1-3-11(12)19/h1-5,18-19H,(H,17,20). The summed E-state index contributed by atoms with van der Waals surface area (Å²) in [5.74, 6) is -1.42. The summed E-state index contributed by atoms with van der Waals surface area (Å²) in [5.41, 5.74) is -0.0386. The molecule has 20 heavy (non-hydrogen) atoms. The monoisotopic (exact) mass is 331 g/mol. The first-order chi connectivity index (χ1) is 9.40. The molecule has 0 radical (unpaired) electrons. The minimum atomic E-state index is -0.721. The molecule has 3 N–H and O–H groups in total. The normalized spacial score (nSPS) is 10.3. The fourth-order valence-electron chi connectivity index (χ4n) is 1.56. The highest BCUT2D eigenvalue weighted by molar-refractivity contribution is 6.44. The van der Waals surface area contributed by atoms with Gasteiger partial charge in [0.25, 0.3) is 5.91 Å². The van der Waals surface area contributed by atoms with Gasteiger partial charge in [0.15, 0.2) is 0 Å². The second-order valence-corrected chi connectivity index (χ2v) is 5.09. The van der Waals surface area contributed by atoms with Crippen molar-refractivity contribution in [1.82, 2.24) is 0 Å². The van der Waals surface area contributed by atoms with Crippen LogP contribution in [0.15, 0.2) is 30.3 Å². The van der Waals surface area contributed by atoms with Crippen LogP contribution >= 0.6 is 34.8 Å². The first-order valence-corrected chi connectivity index (χ1v) is 6.50. The molecule has 7 heteroatoms. The van der Waals surface area contributed by atoms with Gasteiger partial charge in [0.1, 0.15) is 17.1 Å². The van der Waals surface area contributed by atoms with E-state index in [1.165, 1.54) is 30.3 Å². The number of carbonyl (C=O) groups is 1. The topological polar surface area (TPSA) is 69.6 Å². The van der Waals surface area contributed by atoms with Crippen molar-refractivity contribution in [3.8, 4) is 11.5 Å². The Kier molecular flexibility index (Phi) is 4.28. The third-order valence-electron chi connectivity index (χ3n) is 2.51. The van der Waals surface area contributed by atoms with Gasteiger partial charge in [-0.1, -0.05) is 40.9 Å². The molecule has 0 heterocycles. The summed E-state index contributed by atoms with van der Waals surface area (Å²) in [5, 5.41) is 22.3. The molecule has 0 spiro atoms. The van der Waals surface area contributed by atoms with Gasteiger partial charge >= 0.3 is 0 Å². The van der Waals surface area contributed by atoms with Crippen LogP contribution in [0.2, 0.25) is 15.1 Å². The van der Waals surface area contributed by atoms with Crippen LogP contribution in [0, 0.1) is 0 Å². The Balaban J connectivity index is 2.35. The van der Waals surface area contributed by atoms with E-state index >= 15 is 0 Å². The van der Waals surface area contributed by atoms with E-state index in [4.69, 9.17) is 34.8 Å². The Bertz CT molecular complexity index is 669. The highest BCUT2D eigenvalue weighted by atomic mass is 35.5. The number of amides is 1. The second kappa shape index (κ2) is 5.79. The third-order valence-corrected chi connectivity index (χ3v) is 3.54. The van der Waals surface area contributed by atoms with E-state index in [0.717, 1.165) is 0 Å². The van der Waals surface area contributed by atoms with Gasteiger partial charge in [-0.3, -0.25) is 4.79 Å². The van der Waals surface area contributed by atoms with Gasteiger partial charge in [0.05, 0.1) is 20.8 Å². The molecular formula is C13H8Cl3NO3. The molecule has 0 aliphatic rings. The summed E-state index contributed by atoms with van der Waals surface area (Å²) < 4.78 is 0. The molecule has 0 saturated heterocycles. The molecule has 4 nitrogen and oxygen atoms in total. The first kappa shape index (κ1) is 14.8. The number of hydrogen-bond acceptors (Lipinski definition) is 3. The summed E-state index contributed by atoms with van der Waals surface area (Å²) in [6.07, 6.45) is 0. The molecular weight excluding hydrogens is 325 g/mol. The van der Waals surface area contributed by atoms with Crippen LogP contribution in [-0.4, -0.2) is 16.1 Å². The van der Waals surface area contributed by atoms with Crippen LogP contribution in [0.4, 0.5) is 5.69 Å². The molecule has 0 bridgehead atoms. The number of anilines is 1. The van der Waals surface area contributed by atoms with E-state index in [0.29, 0.717) is 0 Å². The Labute approximate surface area is 129 Å². The highest BCUT2D eigenvalue weighted by Crippen LogP contribution is 2.33. The van der Waals surface area contributed by atoms with E-state index in [2.05, 4.69) is 5.32 Å². The Hall–Kier alpha value is -1.62. The van der Waals surface area contributed by atoms with Crippen LogP contribution in [0.5, 0.6) is 11.5 Å². The molecule has 0 unspecified atom stereocenters. The van der Waals surface area contributed by atoms with Crippen molar-refractivity contribution in [2.45, 2.75) is 0 Å². The van der Waals surface area contributed by atoms with Crippen molar-refractivity contribution in [2.75, 3.05) is 5.32 Å². The van der Waals surface area contributed by atoms with Gasteiger partial charge in [-0.05, 0) is 24.3 Å². The van der Waals surface area contributed by atoms with Gasteiger partial charge in [-0.15, -0.1) is 0 Å². The fraction of sp³-hybridized carbons (Fsp3) is 0. The maximum atomic E-state index is 12.0. The number of carbonyl (C=O) groups excluding carboxylic acids is 1. The van der Waals surface area contributed by atoms with Crippen molar-refractivity contribution in [2.24, 2.45) is 0 Å². The zero-order valence-electron chi connectivity index (χ0n) is 9.82. The van der Waals surface area contributed by atoms with E-state index in [1.54, 1.807) is 0 Å². The molecule has 0 aromatic heterocycles. The lowest BCUT2D eigenvalue weighted by atomic mass is 10.1. The molecule has 2 aromatic carbocycles. The van der Waals surface area contributed by atoms with E-state index < -0.39 is 5.91 Å². The van der Waals surface area contributed by atoms with Crippen molar-refractivity contribution in [3.63, 3.8) is 0 Å². The third kappa shape index (κ3) is 2.93. The van der Waals surface area contributed by atoms with Crippen LogP contribution in [-0.2, 0) is 0 Å². The maximum absolute atomic E-state index is 12.0. The van der Waals surface area contributed by atoms with Crippen molar-refractivity contribution >= 4 is 46.4 Å². The van der Waals surface area contributed by atoms with Crippen LogP contribution in [0.1, 0.15) is 10.4 Å². The Morgan fingerprint density at radius 1 is 0.950 bits per heavy atom. The number of aromatic hydroxyl groups is 2. The van der Waals surface area contributed by atoms with E-state index in [9.17, 15) is 15.0 Å². The molecule has 0 aliphatic carbocycles. The second-order valence-electron chi connectivity index (χ2n) is 3.87. The molecule has 1 amide bonds. The lowest BCUT2D eigenvalue weighted by molar-refractivity contribution is 0.102. The number of phenols is 2. The van der Waals surface area contributed by atoms with E-state index in [-0.39, 0.29) is 37.8 Å². The summed E-state index contributed by atoms with van der Waals surface area (Å²) in [7, 11) is 0. The summed E-state index contributed by atoms with van der Waals surface area (Å²) in [6.45, 7) is 0. The molecule has 2 aromatic rings. The van der Waals surface area contributed by atoms with E-state index in [1.807, 2.05) is 0 Å². The molecule has 0 saturated carbocycles. The summed E-state index contributed by atoms with van der Waals surface area (Å²) >= 11 is 17.5. The minimum Gasteiger partial charge on any atom is -0.507 e. The lowest BCUT2D eigenvalue weighted by Gasteiger charge is -2.10. The SMILES string of the molecule is O=C(Nc1cc(Cl)c(Cl)cc1Cl)c1c(O)cccc1O. The van der Waals surface area contributed by atoms with Gasteiger partial charge in [-0.25, -0.2) is 0 Å². The van der Waals surface area contributed by atoms with Gasteiger partial charge in [-0.2, -0.15) is 0 Å². The molecule has 0 fully saturated rings. The van der Waals surface area contributed by atoms with Crippen molar-refractivity contribution in [3.05, 3.63) is 51.0 Å². The molecule has 0 atom stereocenters. The summed E-state index contributed by atoms with van der Waals surface area (Å²) in [4.78, 5) is 12.0. The Morgan fingerprint density at radius 3 is 2.10 bits per heavy atom. The maximum Gasteiger partial charge on any atom is 0.263 e. The van der Waals surface area contributed by atoms with Gasteiger partial charge in [0, 0.05) is 0 Å².